The van der Waals surface area contributed by atoms with E-state index in [4.69, 9.17) is 9.47 Å². The molecule has 1 saturated heterocycles. The summed E-state index contributed by atoms with van der Waals surface area (Å²) in [6, 6.07) is 6.62. The van der Waals surface area contributed by atoms with E-state index in [-0.39, 0.29) is 5.91 Å². The summed E-state index contributed by atoms with van der Waals surface area (Å²) < 4.78 is 11.2. The minimum atomic E-state index is 0.288. The lowest BCUT2D eigenvalue weighted by Crippen LogP contribution is -2.45. The molecule has 1 amide bonds. The Kier molecular flexibility index (Phi) is 5.90. The average molecular weight is 377 g/mol. The molecule has 0 bridgehead atoms. The van der Waals surface area contributed by atoms with Crippen molar-refractivity contribution in [3.8, 4) is 11.5 Å². The molecule has 5 nitrogen and oxygen atoms in total. The number of carbonyl (C=O) groups excluding carboxylic acids is 1. The van der Waals surface area contributed by atoms with Crippen LogP contribution >= 0.6 is 11.8 Å². The van der Waals surface area contributed by atoms with Crippen molar-refractivity contribution in [2.24, 2.45) is 5.92 Å². The van der Waals surface area contributed by atoms with Crippen LogP contribution in [0.4, 0.5) is 0 Å². The van der Waals surface area contributed by atoms with E-state index in [0.717, 1.165) is 54.0 Å². The zero-order valence-corrected chi connectivity index (χ0v) is 16.1. The number of likely N-dealkylation sites (tertiary alicyclic amines) is 1. The summed E-state index contributed by atoms with van der Waals surface area (Å²) >= 11 is 1.71. The van der Waals surface area contributed by atoms with Gasteiger partial charge in [-0.15, -0.1) is 11.8 Å². The monoisotopic (exact) mass is 376 g/mol. The summed E-state index contributed by atoms with van der Waals surface area (Å²) in [7, 11) is 0. The molecule has 3 aliphatic rings. The Morgan fingerprint density at radius 1 is 1.12 bits per heavy atom. The Hall–Kier alpha value is -1.40. The van der Waals surface area contributed by atoms with Gasteiger partial charge in [-0.25, -0.2) is 0 Å². The Bertz CT molecular complexity index is 627. The number of piperidine rings is 1. The fourth-order valence-electron chi connectivity index (χ4n) is 3.52. The molecule has 2 fully saturated rings. The third-order valence-corrected chi connectivity index (χ3v) is 6.33. The fourth-order valence-corrected chi connectivity index (χ4v) is 4.38. The standard InChI is InChI=1S/C20H28N2O3S/c23-20(22-8-5-16(6-9-22)21-14-15-1-2-15)7-12-26-17-3-4-18-19(13-17)25-11-10-24-18/h3-4,13,15-16,21H,1-2,5-12,14H2. The van der Waals surface area contributed by atoms with Gasteiger partial charge < -0.3 is 19.7 Å². The smallest absolute Gasteiger partial charge is 0.223 e. The largest absolute Gasteiger partial charge is 0.486 e. The first-order valence-electron chi connectivity index (χ1n) is 9.81. The molecule has 4 rings (SSSR count). The number of hydrogen-bond donors (Lipinski definition) is 1. The van der Waals surface area contributed by atoms with Gasteiger partial charge in [0.25, 0.3) is 0 Å². The van der Waals surface area contributed by atoms with Crippen molar-refractivity contribution >= 4 is 17.7 Å². The van der Waals surface area contributed by atoms with Gasteiger partial charge in [0.05, 0.1) is 0 Å². The van der Waals surface area contributed by atoms with Crippen molar-refractivity contribution in [3.05, 3.63) is 18.2 Å². The lowest BCUT2D eigenvalue weighted by atomic mass is 10.0. The highest BCUT2D eigenvalue weighted by atomic mass is 32.2. The van der Waals surface area contributed by atoms with Crippen molar-refractivity contribution in [1.82, 2.24) is 10.2 Å². The summed E-state index contributed by atoms with van der Waals surface area (Å²) in [6.07, 6.45) is 5.57. The number of hydrogen-bond acceptors (Lipinski definition) is 5. The molecule has 1 aromatic rings. The van der Waals surface area contributed by atoms with Crippen molar-refractivity contribution in [3.63, 3.8) is 0 Å². The van der Waals surface area contributed by atoms with Crippen LogP contribution < -0.4 is 14.8 Å². The fraction of sp³-hybridized carbons (Fsp3) is 0.650. The summed E-state index contributed by atoms with van der Waals surface area (Å²) in [5, 5.41) is 3.67. The van der Waals surface area contributed by atoms with Gasteiger partial charge in [0.1, 0.15) is 13.2 Å². The van der Waals surface area contributed by atoms with Crippen molar-refractivity contribution in [2.45, 2.75) is 43.0 Å². The lowest BCUT2D eigenvalue weighted by molar-refractivity contribution is -0.131. The number of benzene rings is 1. The molecule has 1 aliphatic carbocycles. The molecule has 26 heavy (non-hydrogen) atoms. The average Bonchev–Trinajstić information content (AvgIpc) is 3.51. The van der Waals surface area contributed by atoms with Gasteiger partial charge in [-0.2, -0.15) is 0 Å². The van der Waals surface area contributed by atoms with E-state index in [1.807, 2.05) is 23.1 Å². The predicted molar refractivity (Wildman–Crippen MR) is 103 cm³/mol. The third kappa shape index (κ3) is 4.86. The van der Waals surface area contributed by atoms with Gasteiger partial charge in [-0.1, -0.05) is 0 Å². The maximum atomic E-state index is 12.5. The van der Waals surface area contributed by atoms with E-state index in [2.05, 4.69) is 5.32 Å². The Morgan fingerprint density at radius 2 is 1.88 bits per heavy atom. The molecule has 0 spiro atoms. The van der Waals surface area contributed by atoms with Crippen molar-refractivity contribution in [2.75, 3.05) is 38.6 Å². The minimum Gasteiger partial charge on any atom is -0.486 e. The van der Waals surface area contributed by atoms with Crippen LogP contribution in [-0.2, 0) is 4.79 Å². The number of thioether (sulfide) groups is 1. The van der Waals surface area contributed by atoms with E-state index in [9.17, 15) is 4.79 Å². The zero-order chi connectivity index (χ0) is 17.8. The quantitative estimate of drug-likeness (QED) is 0.742. The number of rotatable bonds is 7. The van der Waals surface area contributed by atoms with Gasteiger partial charge in [-0.3, -0.25) is 4.79 Å². The maximum absolute atomic E-state index is 12.5. The molecule has 2 aliphatic heterocycles. The summed E-state index contributed by atoms with van der Waals surface area (Å²) in [5.41, 5.74) is 0. The topological polar surface area (TPSA) is 50.8 Å². The number of fused-ring (bicyclic) bond motifs is 1. The molecular formula is C20H28N2O3S. The highest BCUT2D eigenvalue weighted by molar-refractivity contribution is 7.99. The number of nitrogens with one attached hydrogen (secondary N) is 1. The molecular weight excluding hydrogens is 348 g/mol. The predicted octanol–water partition coefficient (Wildman–Crippen LogP) is 2.93. The van der Waals surface area contributed by atoms with E-state index in [1.54, 1.807) is 11.8 Å². The molecule has 0 radical (unpaired) electrons. The van der Waals surface area contributed by atoms with Gasteiger partial charge in [0, 0.05) is 36.2 Å². The molecule has 2 heterocycles. The van der Waals surface area contributed by atoms with Crippen LogP contribution in [0.5, 0.6) is 11.5 Å². The summed E-state index contributed by atoms with van der Waals surface area (Å²) in [5.74, 6) is 3.64. The minimum absolute atomic E-state index is 0.288. The van der Waals surface area contributed by atoms with E-state index in [0.29, 0.717) is 25.7 Å². The highest BCUT2D eigenvalue weighted by Crippen LogP contribution is 2.34. The number of amides is 1. The number of nitrogens with zero attached hydrogens (tertiary/aromatic N) is 1. The van der Waals surface area contributed by atoms with Crippen LogP contribution in [0.1, 0.15) is 32.1 Å². The second kappa shape index (κ2) is 8.53. The van der Waals surface area contributed by atoms with Crippen molar-refractivity contribution in [1.29, 1.82) is 0 Å². The summed E-state index contributed by atoms with van der Waals surface area (Å²) in [6.45, 7) is 4.18. The van der Waals surface area contributed by atoms with Crippen LogP contribution in [0.2, 0.25) is 0 Å². The van der Waals surface area contributed by atoms with E-state index in [1.165, 1.54) is 19.4 Å². The SMILES string of the molecule is O=C(CCSc1ccc2c(c1)OCCO2)N1CCC(NCC2CC2)CC1. The lowest BCUT2D eigenvalue weighted by Gasteiger charge is -2.32. The van der Waals surface area contributed by atoms with E-state index >= 15 is 0 Å². The molecule has 142 valence electrons. The third-order valence-electron chi connectivity index (χ3n) is 5.34. The first kappa shape index (κ1) is 18.0. The molecule has 1 saturated carbocycles. The van der Waals surface area contributed by atoms with E-state index < -0.39 is 0 Å². The molecule has 0 unspecified atom stereocenters. The van der Waals surface area contributed by atoms with Gasteiger partial charge in [-0.05, 0) is 56.3 Å². The van der Waals surface area contributed by atoms with Crippen molar-refractivity contribution < 1.29 is 14.3 Å². The van der Waals surface area contributed by atoms with Crippen LogP contribution in [0.25, 0.3) is 0 Å². The second-order valence-corrected chi connectivity index (χ2v) is 8.58. The summed E-state index contributed by atoms with van der Waals surface area (Å²) in [4.78, 5) is 15.6. The van der Waals surface area contributed by atoms with Crippen LogP contribution in [0.3, 0.4) is 0 Å². The van der Waals surface area contributed by atoms with Crippen LogP contribution in [0, 0.1) is 5.92 Å². The molecule has 6 heteroatoms. The maximum Gasteiger partial charge on any atom is 0.223 e. The highest BCUT2D eigenvalue weighted by Gasteiger charge is 2.25. The second-order valence-electron chi connectivity index (χ2n) is 7.41. The number of carbonyl (C=O) groups is 1. The number of ether oxygens (including phenoxy) is 2. The molecule has 1 N–H and O–H groups in total. The molecule has 1 aromatic carbocycles. The molecule has 0 aromatic heterocycles. The molecule has 0 atom stereocenters. The Balaban J connectivity index is 1.16. The van der Waals surface area contributed by atoms with Gasteiger partial charge in [0.2, 0.25) is 5.91 Å². The van der Waals surface area contributed by atoms with Gasteiger partial charge >= 0.3 is 0 Å². The van der Waals surface area contributed by atoms with Crippen LogP contribution in [-0.4, -0.2) is 55.4 Å². The Labute approximate surface area is 159 Å². The first-order valence-corrected chi connectivity index (χ1v) is 10.8. The normalized spacial score (nSPS) is 20.2. The van der Waals surface area contributed by atoms with Crippen LogP contribution in [0.15, 0.2) is 23.1 Å². The first-order chi connectivity index (χ1) is 12.8. The van der Waals surface area contributed by atoms with Gasteiger partial charge in [0.15, 0.2) is 11.5 Å². The zero-order valence-electron chi connectivity index (χ0n) is 15.2. The Morgan fingerprint density at radius 3 is 2.65 bits per heavy atom.